The quantitative estimate of drug-likeness (QED) is 0.118. The van der Waals surface area contributed by atoms with Crippen molar-refractivity contribution in [1.82, 2.24) is 16.0 Å². The van der Waals surface area contributed by atoms with Gasteiger partial charge in [0, 0.05) is 6.42 Å². The van der Waals surface area contributed by atoms with Gasteiger partial charge in [0.2, 0.25) is 23.6 Å². The van der Waals surface area contributed by atoms with Crippen molar-refractivity contribution in [3.63, 3.8) is 0 Å². The highest BCUT2D eigenvalue weighted by atomic mass is 16.4. The van der Waals surface area contributed by atoms with Crippen molar-refractivity contribution in [3.05, 3.63) is 0 Å². The van der Waals surface area contributed by atoms with E-state index in [4.69, 9.17) is 22.3 Å². The molecule has 4 unspecified atom stereocenters. The van der Waals surface area contributed by atoms with Crippen LogP contribution in [0.3, 0.4) is 0 Å². The van der Waals surface area contributed by atoms with Gasteiger partial charge in [-0.15, -0.1) is 0 Å². The summed E-state index contributed by atoms with van der Waals surface area (Å²) in [4.78, 5) is 59.0. The zero-order valence-electron chi connectivity index (χ0n) is 16.9. The molecule has 0 fully saturated rings. The minimum atomic E-state index is -1.26. The van der Waals surface area contributed by atoms with Crippen LogP contribution < -0.4 is 33.2 Å². The Balaban J connectivity index is 5.12. The molecule has 0 aromatic heterocycles. The Labute approximate surface area is 174 Å². The molecule has 13 heteroatoms. The van der Waals surface area contributed by atoms with Gasteiger partial charge >= 0.3 is 5.97 Å². The molecule has 0 rings (SSSR count). The second-order valence-electron chi connectivity index (χ2n) is 6.77. The molecule has 0 bridgehead atoms. The number of aliphatic hydroxyl groups is 1. The number of unbranched alkanes of at least 4 members (excludes halogenated alkanes) is 1. The van der Waals surface area contributed by atoms with E-state index in [1.807, 2.05) is 0 Å². The number of rotatable bonds is 15. The first-order chi connectivity index (χ1) is 14.0. The third-order valence-corrected chi connectivity index (χ3v) is 4.16. The van der Waals surface area contributed by atoms with E-state index in [9.17, 15) is 29.1 Å². The van der Waals surface area contributed by atoms with Crippen LogP contribution in [0.2, 0.25) is 0 Å². The molecule has 0 aromatic rings. The molecule has 0 saturated carbocycles. The van der Waals surface area contributed by atoms with Gasteiger partial charge < -0.3 is 43.4 Å². The molecule has 30 heavy (non-hydrogen) atoms. The molecule has 0 spiro atoms. The molecule has 0 aliphatic rings. The number of primary amides is 1. The van der Waals surface area contributed by atoms with Crippen LogP contribution in [-0.2, 0) is 24.0 Å². The lowest BCUT2D eigenvalue weighted by Gasteiger charge is -2.23. The van der Waals surface area contributed by atoms with Crippen LogP contribution in [0.4, 0.5) is 0 Å². The molecule has 0 aromatic carbocycles. The summed E-state index contributed by atoms with van der Waals surface area (Å²) in [5.41, 5.74) is 15.8. The van der Waals surface area contributed by atoms with Gasteiger partial charge in [0.1, 0.15) is 24.2 Å². The zero-order valence-corrected chi connectivity index (χ0v) is 16.9. The Morgan fingerprint density at radius 1 is 0.900 bits per heavy atom. The number of carbonyl (C=O) groups excluding carboxylic acids is 4. The van der Waals surface area contributed by atoms with Gasteiger partial charge in [-0.3, -0.25) is 19.2 Å². The highest BCUT2D eigenvalue weighted by Gasteiger charge is 2.28. The minimum absolute atomic E-state index is 0.139. The molecule has 4 atom stereocenters. The third kappa shape index (κ3) is 10.7. The van der Waals surface area contributed by atoms with Gasteiger partial charge in [0.05, 0.1) is 6.61 Å². The average Bonchev–Trinajstić information content (AvgIpc) is 2.68. The lowest BCUT2D eigenvalue weighted by molar-refractivity contribution is -0.142. The molecule has 0 aliphatic carbocycles. The largest absolute Gasteiger partial charge is 0.480 e. The summed E-state index contributed by atoms with van der Waals surface area (Å²) in [6, 6.07) is -4.79. The Morgan fingerprint density at radius 2 is 1.50 bits per heavy atom. The Kier molecular flexibility index (Phi) is 12.9. The van der Waals surface area contributed by atoms with Gasteiger partial charge in [-0.05, 0) is 39.2 Å². The fourth-order valence-corrected chi connectivity index (χ4v) is 2.34. The van der Waals surface area contributed by atoms with Gasteiger partial charge in [0.25, 0.3) is 0 Å². The monoisotopic (exact) mass is 432 g/mol. The van der Waals surface area contributed by atoms with Crippen molar-refractivity contribution in [2.24, 2.45) is 17.2 Å². The maximum absolute atomic E-state index is 12.5. The van der Waals surface area contributed by atoms with E-state index in [2.05, 4.69) is 16.0 Å². The van der Waals surface area contributed by atoms with Crippen LogP contribution >= 0.6 is 0 Å². The van der Waals surface area contributed by atoms with E-state index >= 15 is 0 Å². The Morgan fingerprint density at radius 3 is 2.00 bits per heavy atom. The van der Waals surface area contributed by atoms with Crippen molar-refractivity contribution in [3.8, 4) is 0 Å². The van der Waals surface area contributed by atoms with Gasteiger partial charge in [-0.2, -0.15) is 0 Å². The number of nitrogens with two attached hydrogens (primary N) is 3. The number of hydrogen-bond acceptors (Lipinski definition) is 8. The Bertz CT molecular complexity index is 615. The van der Waals surface area contributed by atoms with Crippen LogP contribution in [0.1, 0.15) is 39.0 Å². The number of amides is 4. The van der Waals surface area contributed by atoms with Gasteiger partial charge in [0.15, 0.2) is 0 Å². The number of hydrogen-bond donors (Lipinski definition) is 8. The highest BCUT2D eigenvalue weighted by Crippen LogP contribution is 2.04. The molecule has 13 nitrogen and oxygen atoms in total. The molecule has 172 valence electrons. The summed E-state index contributed by atoms with van der Waals surface area (Å²) in [5, 5.41) is 25.1. The third-order valence-electron chi connectivity index (χ3n) is 4.16. The van der Waals surface area contributed by atoms with E-state index in [1.54, 1.807) is 0 Å². The van der Waals surface area contributed by atoms with E-state index in [-0.39, 0.29) is 19.3 Å². The lowest BCUT2D eigenvalue weighted by Crippen LogP contribution is -2.56. The highest BCUT2D eigenvalue weighted by molar-refractivity contribution is 5.94. The van der Waals surface area contributed by atoms with Crippen LogP contribution in [0.15, 0.2) is 0 Å². The normalized spacial score (nSPS) is 14.7. The molecule has 0 radical (unpaired) electrons. The first-order valence-electron chi connectivity index (χ1n) is 9.52. The molecule has 11 N–H and O–H groups in total. The van der Waals surface area contributed by atoms with Crippen molar-refractivity contribution >= 4 is 29.6 Å². The van der Waals surface area contributed by atoms with Crippen molar-refractivity contribution in [2.75, 3.05) is 13.2 Å². The van der Waals surface area contributed by atoms with E-state index in [0.717, 1.165) is 0 Å². The maximum Gasteiger partial charge on any atom is 0.326 e. The molecule has 0 heterocycles. The summed E-state index contributed by atoms with van der Waals surface area (Å²) in [7, 11) is 0. The standard InChI is InChI=1S/C17H32N6O7/c1-9(21-15(27)10(19)8-24)14(26)22-11(5-6-13(20)25)16(28)23-12(17(29)30)4-2-3-7-18/h9-12,24H,2-8,18-19H2,1H3,(H2,20,25)(H,21,27)(H,22,26)(H,23,28)(H,29,30). The predicted molar refractivity (Wildman–Crippen MR) is 105 cm³/mol. The fourth-order valence-electron chi connectivity index (χ4n) is 2.34. The number of nitrogens with one attached hydrogen (secondary N) is 3. The van der Waals surface area contributed by atoms with E-state index < -0.39 is 60.4 Å². The maximum atomic E-state index is 12.5. The number of aliphatic carboxylic acids is 1. The van der Waals surface area contributed by atoms with Gasteiger partial charge in [-0.1, -0.05) is 0 Å². The first-order valence-corrected chi connectivity index (χ1v) is 9.52. The molecular weight excluding hydrogens is 400 g/mol. The number of carbonyl (C=O) groups is 5. The van der Waals surface area contributed by atoms with Crippen LogP contribution in [0, 0.1) is 0 Å². The van der Waals surface area contributed by atoms with Crippen molar-refractivity contribution in [1.29, 1.82) is 0 Å². The van der Waals surface area contributed by atoms with Gasteiger partial charge in [-0.25, -0.2) is 4.79 Å². The smallest absolute Gasteiger partial charge is 0.326 e. The van der Waals surface area contributed by atoms with Crippen molar-refractivity contribution in [2.45, 2.75) is 63.2 Å². The first kappa shape index (κ1) is 27.2. The summed E-state index contributed by atoms with van der Waals surface area (Å²) in [6.45, 7) is 1.08. The Hall–Kier alpha value is -2.77. The second-order valence-corrected chi connectivity index (χ2v) is 6.77. The summed E-state index contributed by atoms with van der Waals surface area (Å²) in [6.07, 6.45) is 0.785. The molecule has 0 aliphatic heterocycles. The van der Waals surface area contributed by atoms with Crippen LogP contribution in [-0.4, -0.2) is 77.1 Å². The summed E-state index contributed by atoms with van der Waals surface area (Å²) < 4.78 is 0. The lowest BCUT2D eigenvalue weighted by atomic mass is 10.1. The van der Waals surface area contributed by atoms with Crippen molar-refractivity contribution < 1.29 is 34.2 Å². The summed E-state index contributed by atoms with van der Waals surface area (Å²) in [5.74, 6) is -4.32. The minimum Gasteiger partial charge on any atom is -0.480 e. The predicted octanol–water partition coefficient (Wildman–Crippen LogP) is -3.74. The second kappa shape index (κ2) is 14.3. The van der Waals surface area contributed by atoms with E-state index in [0.29, 0.717) is 19.4 Å². The molecular formula is C17H32N6O7. The number of aliphatic hydroxyl groups excluding tert-OH is 1. The van der Waals surface area contributed by atoms with Crippen LogP contribution in [0.5, 0.6) is 0 Å². The van der Waals surface area contributed by atoms with E-state index in [1.165, 1.54) is 6.92 Å². The zero-order chi connectivity index (χ0) is 23.3. The topological polar surface area (TPSA) is 240 Å². The summed E-state index contributed by atoms with van der Waals surface area (Å²) >= 11 is 0. The fraction of sp³-hybridized carbons (Fsp3) is 0.706. The van der Waals surface area contributed by atoms with Crippen LogP contribution in [0.25, 0.3) is 0 Å². The average molecular weight is 432 g/mol. The SMILES string of the molecule is CC(NC(=O)C(N)CO)C(=O)NC(CCC(N)=O)C(=O)NC(CCCCN)C(=O)O. The number of carboxylic acid groups (broad SMARTS) is 1. The molecule has 0 saturated heterocycles. The molecule has 4 amide bonds. The number of carboxylic acids is 1.